The van der Waals surface area contributed by atoms with Gasteiger partial charge in [-0.1, -0.05) is 50.8 Å². The summed E-state index contributed by atoms with van der Waals surface area (Å²) >= 11 is 0.997. The first-order chi connectivity index (χ1) is 16.8. The minimum Gasteiger partial charge on any atom is -0.493 e. The van der Waals surface area contributed by atoms with Crippen molar-refractivity contribution >= 4 is 26.7 Å². The Morgan fingerprint density at radius 3 is 2.86 bits per heavy atom. The third-order valence-electron chi connectivity index (χ3n) is 6.96. The molecule has 4 rings (SSSR count). The van der Waals surface area contributed by atoms with Gasteiger partial charge >= 0.3 is 0 Å². The largest absolute Gasteiger partial charge is 0.493 e. The van der Waals surface area contributed by atoms with Crippen LogP contribution in [0.25, 0.3) is 0 Å². The fraction of sp³-hybridized carbons (Fsp3) is 0.462. The number of rotatable bonds is 8. The van der Waals surface area contributed by atoms with Crippen molar-refractivity contribution in [1.82, 2.24) is 14.3 Å². The number of nitrogens with one attached hydrogen (secondary N) is 1. The molecule has 0 unspecified atom stereocenters. The molecule has 1 N–H and O–H groups in total. The van der Waals surface area contributed by atoms with Crippen molar-refractivity contribution in [1.29, 1.82) is 0 Å². The lowest BCUT2D eigenvalue weighted by Gasteiger charge is -2.46. The van der Waals surface area contributed by atoms with Gasteiger partial charge in [0, 0.05) is 41.7 Å². The van der Waals surface area contributed by atoms with Gasteiger partial charge in [-0.3, -0.25) is 9.62 Å². The van der Waals surface area contributed by atoms with Gasteiger partial charge in [-0.2, -0.15) is 4.37 Å². The number of ether oxygens (including phenoxy) is 1. The smallest absolute Gasteiger partial charge is 0.263 e. The molecule has 1 aromatic carbocycles. The van der Waals surface area contributed by atoms with Gasteiger partial charge in [0.1, 0.15) is 12.1 Å². The van der Waals surface area contributed by atoms with E-state index in [9.17, 15) is 8.42 Å². The van der Waals surface area contributed by atoms with Gasteiger partial charge in [-0.25, -0.2) is 13.4 Å². The molecular weight excluding hydrogens is 480 g/mol. The number of nitrogens with zero attached hydrogens (tertiary/aromatic N) is 3. The van der Waals surface area contributed by atoms with E-state index < -0.39 is 10.0 Å². The second kappa shape index (κ2) is 11.1. The number of sulfonamides is 1. The van der Waals surface area contributed by atoms with Crippen molar-refractivity contribution < 1.29 is 13.2 Å². The van der Waals surface area contributed by atoms with Crippen LogP contribution in [0.15, 0.2) is 65.9 Å². The highest BCUT2D eigenvalue weighted by atomic mass is 32.2. The first-order valence-electron chi connectivity index (χ1n) is 12.1. The Morgan fingerprint density at radius 1 is 1.31 bits per heavy atom. The molecular formula is C26H34N4O3S2. The summed E-state index contributed by atoms with van der Waals surface area (Å²) in [5, 5.41) is 0.238. The number of anilines is 1. The molecule has 2 aliphatic heterocycles. The molecule has 1 saturated heterocycles. The highest BCUT2D eigenvalue weighted by Gasteiger charge is 2.38. The maximum absolute atomic E-state index is 12.9. The maximum atomic E-state index is 12.9. The second-order valence-corrected chi connectivity index (χ2v) is 11.9. The van der Waals surface area contributed by atoms with Crippen molar-refractivity contribution in [3.05, 3.63) is 66.5 Å². The predicted molar refractivity (Wildman–Crippen MR) is 141 cm³/mol. The van der Waals surface area contributed by atoms with Gasteiger partial charge in [0.15, 0.2) is 0 Å². The molecule has 0 saturated carbocycles. The average molecular weight is 515 g/mol. The fourth-order valence-corrected chi connectivity index (χ4v) is 6.69. The molecule has 188 valence electrons. The molecule has 2 aliphatic rings. The van der Waals surface area contributed by atoms with Crippen molar-refractivity contribution in [2.24, 2.45) is 11.8 Å². The molecule has 0 amide bonds. The number of likely N-dealkylation sites (tertiary alicyclic amines) is 1. The Bertz CT molecular complexity index is 1190. The normalized spacial score (nSPS) is 23.5. The van der Waals surface area contributed by atoms with Gasteiger partial charge in [-0.15, -0.1) is 0 Å². The number of piperidine rings is 1. The number of allylic oxidation sites excluding steroid dienone is 3. The molecule has 35 heavy (non-hydrogen) atoms. The molecule has 3 heterocycles. The summed E-state index contributed by atoms with van der Waals surface area (Å²) in [6, 6.07) is 5.56. The zero-order chi connectivity index (χ0) is 25.0. The zero-order valence-corrected chi connectivity index (χ0v) is 22.2. The molecule has 0 aliphatic carbocycles. The van der Waals surface area contributed by atoms with Crippen LogP contribution in [0.4, 0.5) is 5.13 Å². The van der Waals surface area contributed by atoms with E-state index in [0.717, 1.165) is 48.5 Å². The molecule has 2 aromatic rings. The molecule has 9 heteroatoms. The van der Waals surface area contributed by atoms with Gasteiger partial charge in [0.05, 0.1) is 11.5 Å². The van der Waals surface area contributed by atoms with Crippen LogP contribution >= 0.6 is 11.5 Å². The summed E-state index contributed by atoms with van der Waals surface area (Å²) < 4.78 is 38.0. The minimum absolute atomic E-state index is 0.150. The maximum Gasteiger partial charge on any atom is 0.263 e. The summed E-state index contributed by atoms with van der Waals surface area (Å²) in [6.07, 6.45) is 12.6. The topological polar surface area (TPSA) is 84.4 Å². The Labute approximate surface area is 212 Å². The van der Waals surface area contributed by atoms with E-state index >= 15 is 0 Å². The van der Waals surface area contributed by atoms with Crippen LogP contribution in [0.3, 0.4) is 0 Å². The van der Waals surface area contributed by atoms with Gasteiger partial charge in [-0.05, 0) is 49.8 Å². The zero-order valence-electron chi connectivity index (χ0n) is 20.6. The second-order valence-electron chi connectivity index (χ2n) is 9.45. The Morgan fingerprint density at radius 2 is 2.14 bits per heavy atom. The van der Waals surface area contributed by atoms with Gasteiger partial charge in [0.2, 0.25) is 5.13 Å². The molecule has 0 spiro atoms. The Kier molecular flexibility index (Phi) is 8.09. The molecule has 1 aromatic heterocycles. The van der Waals surface area contributed by atoms with E-state index in [4.69, 9.17) is 4.74 Å². The third kappa shape index (κ3) is 5.85. The summed E-state index contributed by atoms with van der Waals surface area (Å²) in [4.78, 5) is 6.62. The van der Waals surface area contributed by atoms with Crippen molar-refractivity contribution in [3.63, 3.8) is 0 Å². The minimum atomic E-state index is -3.78. The van der Waals surface area contributed by atoms with E-state index in [2.05, 4.69) is 51.6 Å². The van der Waals surface area contributed by atoms with Crippen LogP contribution in [0.2, 0.25) is 0 Å². The monoisotopic (exact) mass is 514 g/mol. The van der Waals surface area contributed by atoms with Crippen molar-refractivity contribution in [3.8, 4) is 5.75 Å². The van der Waals surface area contributed by atoms with Crippen LogP contribution in [0.5, 0.6) is 5.75 Å². The predicted octanol–water partition coefficient (Wildman–Crippen LogP) is 5.59. The van der Waals surface area contributed by atoms with E-state index in [0.29, 0.717) is 24.2 Å². The van der Waals surface area contributed by atoms with Crippen molar-refractivity contribution in [2.45, 2.75) is 57.0 Å². The third-order valence-corrected chi connectivity index (χ3v) is 9.00. The van der Waals surface area contributed by atoms with E-state index in [-0.39, 0.29) is 22.1 Å². The molecule has 0 bridgehead atoms. The van der Waals surface area contributed by atoms with E-state index in [1.54, 1.807) is 12.1 Å². The summed E-state index contributed by atoms with van der Waals surface area (Å²) in [5.74, 6) is 1.91. The molecule has 1 fully saturated rings. The van der Waals surface area contributed by atoms with Crippen LogP contribution in [0.1, 0.15) is 51.6 Å². The first-order valence-corrected chi connectivity index (χ1v) is 14.4. The van der Waals surface area contributed by atoms with Gasteiger partial charge in [0.25, 0.3) is 10.0 Å². The number of benzene rings is 1. The van der Waals surface area contributed by atoms with E-state index in [1.165, 1.54) is 6.33 Å². The Balaban J connectivity index is 1.62. The highest BCUT2D eigenvalue weighted by molar-refractivity contribution is 7.93. The number of fused-ring (bicyclic) bond motifs is 1. The fourth-order valence-electron chi connectivity index (χ4n) is 5.01. The van der Waals surface area contributed by atoms with Crippen LogP contribution < -0.4 is 9.46 Å². The highest BCUT2D eigenvalue weighted by Crippen LogP contribution is 2.43. The quantitative estimate of drug-likeness (QED) is 0.463. The lowest BCUT2D eigenvalue weighted by atomic mass is 9.79. The van der Waals surface area contributed by atoms with E-state index in [1.807, 2.05) is 25.1 Å². The molecule has 3 atom stereocenters. The lowest BCUT2D eigenvalue weighted by molar-refractivity contribution is 0.0527. The van der Waals surface area contributed by atoms with Crippen molar-refractivity contribution in [2.75, 3.05) is 17.9 Å². The summed E-state index contributed by atoms with van der Waals surface area (Å²) in [6.45, 7) is 12.6. The SMILES string of the molecule is C=C(/C=C\C=C/C)[C@H]1C[C@@H](C(C)C)CCN1[C@@H]1CCOc2cc(S(=O)(=O)Nc3ncns3)ccc21. The Hall–Kier alpha value is -2.49. The molecule has 0 radical (unpaired) electrons. The summed E-state index contributed by atoms with van der Waals surface area (Å²) in [7, 11) is -3.78. The van der Waals surface area contributed by atoms with Gasteiger partial charge < -0.3 is 4.74 Å². The first kappa shape index (κ1) is 25.6. The summed E-state index contributed by atoms with van der Waals surface area (Å²) in [5.41, 5.74) is 2.14. The molecule has 7 nitrogen and oxygen atoms in total. The average Bonchev–Trinajstić information content (AvgIpc) is 3.35. The number of hydrogen-bond donors (Lipinski definition) is 1. The lowest BCUT2D eigenvalue weighted by Crippen LogP contribution is -2.47. The van der Waals surface area contributed by atoms with Crippen LogP contribution in [0, 0.1) is 11.8 Å². The number of aromatic nitrogens is 2. The standard InChI is InChI=1S/C26H34N4O3S2/c1-5-6-7-8-19(4)24-15-20(18(2)3)11-13-30(24)23-12-14-33-25-16-21(9-10-22(23)25)35(31,32)29-26-27-17-28-34-26/h5-10,16-18,20,23-24H,4,11-15H2,1-3H3,(H,27,28,29)/b6-5-,8-7-/t20-,23+,24+/m0/s1. The van der Waals surface area contributed by atoms with Crippen LogP contribution in [-0.4, -0.2) is 41.9 Å². The van der Waals surface area contributed by atoms with Crippen LogP contribution in [-0.2, 0) is 10.0 Å². The number of hydrogen-bond acceptors (Lipinski definition) is 7.